The second-order valence-electron chi connectivity index (χ2n) is 3.97. The molecule has 0 aromatic heterocycles. The number of methoxy groups -OCH3 is 1. The molecule has 1 rings (SSSR count). The van der Waals surface area contributed by atoms with Crippen molar-refractivity contribution in [1.29, 1.82) is 0 Å². The number of nitrogens with one attached hydrogen (secondary N) is 1. The van der Waals surface area contributed by atoms with E-state index >= 15 is 0 Å². The van der Waals surface area contributed by atoms with Crippen LogP contribution >= 0.6 is 11.8 Å². The quantitative estimate of drug-likeness (QED) is 0.600. The molecule has 5 heteroatoms. The van der Waals surface area contributed by atoms with Crippen LogP contribution in [0.1, 0.15) is 32.1 Å². The van der Waals surface area contributed by atoms with Crippen LogP contribution in [-0.4, -0.2) is 31.2 Å². The van der Waals surface area contributed by atoms with Gasteiger partial charge in [-0.3, -0.25) is 10.3 Å². The topological polar surface area (TPSA) is 50.7 Å². The maximum absolute atomic E-state index is 11.0. The van der Waals surface area contributed by atoms with Gasteiger partial charge in [0.1, 0.15) is 0 Å². The summed E-state index contributed by atoms with van der Waals surface area (Å²) in [6.07, 6.45) is 7.98. The molecule has 0 bridgehead atoms. The molecule has 1 saturated carbocycles. The minimum Gasteiger partial charge on any atom is -0.453 e. The smallest absolute Gasteiger partial charge is 0.412 e. The molecule has 92 valence electrons. The zero-order chi connectivity index (χ0) is 11.8. The van der Waals surface area contributed by atoms with Crippen molar-refractivity contribution >= 4 is 23.0 Å². The Kier molecular flexibility index (Phi) is 6.30. The summed E-state index contributed by atoms with van der Waals surface area (Å²) in [6.45, 7) is 0.820. The van der Waals surface area contributed by atoms with Gasteiger partial charge >= 0.3 is 6.09 Å². The van der Waals surface area contributed by atoms with Gasteiger partial charge < -0.3 is 4.74 Å². The number of hydrogen-bond acceptors (Lipinski definition) is 4. The van der Waals surface area contributed by atoms with Crippen molar-refractivity contribution in [3.63, 3.8) is 0 Å². The maximum Gasteiger partial charge on any atom is 0.412 e. The predicted octanol–water partition coefficient (Wildman–Crippen LogP) is 2.64. The molecule has 0 aromatic rings. The Morgan fingerprint density at radius 2 is 2.12 bits per heavy atom. The lowest BCUT2D eigenvalue weighted by Crippen LogP contribution is -2.28. The molecule has 0 aromatic carbocycles. The highest BCUT2D eigenvalue weighted by Gasteiger charge is 2.13. The summed E-state index contributed by atoms with van der Waals surface area (Å²) < 4.78 is 4.53. The lowest BCUT2D eigenvalue weighted by Gasteiger charge is -2.19. The number of amidine groups is 1. The van der Waals surface area contributed by atoms with Crippen molar-refractivity contribution in [3.05, 3.63) is 0 Å². The first-order valence-corrected chi connectivity index (χ1v) is 6.92. The maximum atomic E-state index is 11.0. The van der Waals surface area contributed by atoms with Gasteiger partial charge in [0.25, 0.3) is 0 Å². The average molecular weight is 244 g/mol. The van der Waals surface area contributed by atoms with Gasteiger partial charge in [-0.2, -0.15) is 0 Å². The number of aliphatic imine (C=N–C) groups is 1. The van der Waals surface area contributed by atoms with Crippen LogP contribution in [0.3, 0.4) is 0 Å². The van der Waals surface area contributed by atoms with E-state index in [1.165, 1.54) is 51.0 Å². The summed E-state index contributed by atoms with van der Waals surface area (Å²) >= 11 is 1.44. The van der Waals surface area contributed by atoms with Gasteiger partial charge in [0.05, 0.1) is 7.11 Å². The fourth-order valence-corrected chi connectivity index (χ4v) is 2.26. The summed E-state index contributed by atoms with van der Waals surface area (Å²) in [5.41, 5.74) is 0. The first-order chi connectivity index (χ1) is 7.76. The Morgan fingerprint density at radius 1 is 1.44 bits per heavy atom. The number of rotatable bonds is 2. The Morgan fingerprint density at radius 3 is 2.69 bits per heavy atom. The Bertz CT molecular complexity index is 250. The van der Waals surface area contributed by atoms with E-state index in [1.807, 2.05) is 6.26 Å². The van der Waals surface area contributed by atoms with E-state index in [-0.39, 0.29) is 0 Å². The molecular formula is C11H20N2O2S. The molecule has 1 aliphatic rings. The third-order valence-corrected chi connectivity index (χ3v) is 3.42. The first-order valence-electron chi connectivity index (χ1n) is 5.69. The summed E-state index contributed by atoms with van der Waals surface area (Å²) in [4.78, 5) is 15.4. The van der Waals surface area contributed by atoms with Gasteiger partial charge in [-0.1, -0.05) is 31.0 Å². The van der Waals surface area contributed by atoms with Crippen molar-refractivity contribution in [3.8, 4) is 0 Å². The minimum atomic E-state index is -0.447. The number of amides is 1. The van der Waals surface area contributed by atoms with Gasteiger partial charge in [0.2, 0.25) is 0 Å². The zero-order valence-corrected chi connectivity index (χ0v) is 10.8. The SMILES string of the molecule is COC(=O)NC(=NCC1CCCCC1)SC. The fourth-order valence-electron chi connectivity index (χ4n) is 1.88. The molecule has 1 amide bonds. The number of nitrogens with zero attached hydrogens (tertiary/aromatic N) is 1. The summed E-state index contributed by atoms with van der Waals surface area (Å²) in [7, 11) is 1.36. The van der Waals surface area contributed by atoms with Crippen LogP contribution in [-0.2, 0) is 4.74 Å². The van der Waals surface area contributed by atoms with E-state index < -0.39 is 6.09 Å². The van der Waals surface area contributed by atoms with Crippen LogP contribution in [0.2, 0.25) is 0 Å². The highest BCUT2D eigenvalue weighted by molar-refractivity contribution is 8.13. The number of ether oxygens (including phenoxy) is 1. The van der Waals surface area contributed by atoms with Crippen molar-refractivity contribution in [2.24, 2.45) is 10.9 Å². The van der Waals surface area contributed by atoms with Gasteiger partial charge in [0, 0.05) is 6.54 Å². The molecule has 0 aliphatic heterocycles. The molecule has 16 heavy (non-hydrogen) atoms. The van der Waals surface area contributed by atoms with E-state index in [0.29, 0.717) is 11.1 Å². The van der Waals surface area contributed by atoms with Crippen LogP contribution < -0.4 is 5.32 Å². The standard InChI is InChI=1S/C11H20N2O2S/c1-15-11(14)13-10(16-2)12-8-9-6-4-3-5-7-9/h9H,3-8H2,1-2H3,(H,12,13,14). The molecule has 0 heterocycles. The Balaban J connectivity index is 2.35. The predicted molar refractivity (Wildman–Crippen MR) is 67.9 cm³/mol. The summed E-state index contributed by atoms with van der Waals surface area (Å²) in [5.74, 6) is 0.690. The van der Waals surface area contributed by atoms with Crippen LogP contribution in [0.25, 0.3) is 0 Å². The number of hydrogen-bond donors (Lipinski definition) is 1. The number of alkyl carbamates (subject to hydrolysis) is 1. The van der Waals surface area contributed by atoms with Gasteiger partial charge in [-0.05, 0) is 25.0 Å². The van der Waals surface area contributed by atoms with Gasteiger partial charge in [0.15, 0.2) is 5.17 Å². The monoisotopic (exact) mass is 244 g/mol. The second kappa shape index (κ2) is 7.54. The van der Waals surface area contributed by atoms with Crippen LogP contribution in [0, 0.1) is 5.92 Å². The van der Waals surface area contributed by atoms with Crippen LogP contribution in [0.5, 0.6) is 0 Å². The largest absolute Gasteiger partial charge is 0.453 e. The third kappa shape index (κ3) is 4.88. The van der Waals surface area contributed by atoms with E-state index in [1.54, 1.807) is 0 Å². The molecule has 4 nitrogen and oxygen atoms in total. The normalized spacial score (nSPS) is 18.2. The Labute approximate surface area is 101 Å². The molecular weight excluding hydrogens is 224 g/mol. The number of carbonyl (C=O) groups excluding carboxylic acids is 1. The number of carbonyl (C=O) groups is 1. The fraction of sp³-hybridized carbons (Fsp3) is 0.818. The van der Waals surface area contributed by atoms with Gasteiger partial charge in [-0.15, -0.1) is 0 Å². The lowest BCUT2D eigenvalue weighted by atomic mass is 9.89. The molecule has 1 fully saturated rings. The average Bonchev–Trinajstić information content (AvgIpc) is 2.35. The summed E-state index contributed by atoms with van der Waals surface area (Å²) in [5, 5.41) is 3.26. The highest BCUT2D eigenvalue weighted by Crippen LogP contribution is 2.23. The lowest BCUT2D eigenvalue weighted by molar-refractivity contribution is 0.177. The van der Waals surface area contributed by atoms with Crippen molar-refractivity contribution in [1.82, 2.24) is 5.32 Å². The van der Waals surface area contributed by atoms with Crippen molar-refractivity contribution in [2.75, 3.05) is 19.9 Å². The van der Waals surface area contributed by atoms with E-state index in [0.717, 1.165) is 6.54 Å². The highest BCUT2D eigenvalue weighted by atomic mass is 32.2. The van der Waals surface area contributed by atoms with Gasteiger partial charge in [-0.25, -0.2) is 4.79 Å². The summed E-state index contributed by atoms with van der Waals surface area (Å²) in [6, 6.07) is 0. The molecule has 0 unspecified atom stereocenters. The molecule has 0 radical (unpaired) electrons. The Hall–Kier alpha value is -0.710. The molecule has 0 spiro atoms. The molecule has 1 N–H and O–H groups in total. The minimum absolute atomic E-state index is 0.447. The van der Waals surface area contributed by atoms with Crippen LogP contribution in [0.4, 0.5) is 4.79 Å². The van der Waals surface area contributed by atoms with Crippen LogP contribution in [0.15, 0.2) is 4.99 Å². The molecule has 0 saturated heterocycles. The van der Waals surface area contributed by atoms with Crippen molar-refractivity contribution in [2.45, 2.75) is 32.1 Å². The van der Waals surface area contributed by atoms with Crippen molar-refractivity contribution < 1.29 is 9.53 Å². The molecule has 0 atom stereocenters. The van der Waals surface area contributed by atoms with E-state index in [9.17, 15) is 4.79 Å². The van der Waals surface area contributed by atoms with E-state index in [2.05, 4.69) is 15.0 Å². The second-order valence-corrected chi connectivity index (χ2v) is 4.77. The zero-order valence-electron chi connectivity index (χ0n) is 9.99. The van der Waals surface area contributed by atoms with E-state index in [4.69, 9.17) is 0 Å². The molecule has 1 aliphatic carbocycles. The first kappa shape index (κ1) is 13.4. The number of thioether (sulfide) groups is 1. The third-order valence-electron chi connectivity index (χ3n) is 2.81.